The van der Waals surface area contributed by atoms with Gasteiger partial charge in [-0.1, -0.05) is 60.2 Å². The minimum atomic E-state index is -4.83. The van der Waals surface area contributed by atoms with E-state index in [0.717, 1.165) is 23.0 Å². The highest BCUT2D eigenvalue weighted by molar-refractivity contribution is 7.86. The molecule has 0 fully saturated rings. The molecule has 0 aliphatic heterocycles. The molecule has 0 atom stereocenters. The summed E-state index contributed by atoms with van der Waals surface area (Å²) < 4.78 is 101. The van der Waals surface area contributed by atoms with Gasteiger partial charge in [0.25, 0.3) is 30.4 Å². The van der Waals surface area contributed by atoms with Gasteiger partial charge in [0.15, 0.2) is 0 Å². The normalized spacial score (nSPS) is 13.0. The number of rotatable bonds is 6. The molecule has 1 aromatic heterocycles. The molecule has 1 heterocycles. The van der Waals surface area contributed by atoms with Crippen LogP contribution in [0.5, 0.6) is 0 Å². The van der Waals surface area contributed by atoms with Gasteiger partial charge in [0.05, 0.1) is 5.69 Å². The van der Waals surface area contributed by atoms with E-state index in [1.165, 1.54) is 42.5 Å². The predicted octanol–water partition coefficient (Wildman–Crippen LogP) is 4.14. The molecule has 12 nitrogen and oxygen atoms in total. The van der Waals surface area contributed by atoms with Crippen LogP contribution in [0.25, 0.3) is 39.6 Å². The molecule has 16 heteroatoms. The first-order valence-electron chi connectivity index (χ1n) is 11.0. The van der Waals surface area contributed by atoms with Gasteiger partial charge < -0.3 is 0 Å². The highest BCUT2D eigenvalue weighted by Crippen LogP contribution is 2.31. The third-order valence-electron chi connectivity index (χ3n) is 5.84. The lowest BCUT2D eigenvalue weighted by atomic mass is 10.1. The summed E-state index contributed by atoms with van der Waals surface area (Å²) in [5, 5.41) is 9.20. The van der Waals surface area contributed by atoms with Crippen molar-refractivity contribution in [1.29, 1.82) is 0 Å². The van der Waals surface area contributed by atoms with Crippen molar-refractivity contribution in [3.63, 3.8) is 0 Å². The molecule has 0 aliphatic rings. The second-order valence-electron chi connectivity index (χ2n) is 8.44. The van der Waals surface area contributed by atoms with Crippen LogP contribution < -0.4 is 0 Å². The van der Waals surface area contributed by atoms with Crippen molar-refractivity contribution in [2.45, 2.75) is 14.7 Å². The summed E-state index contributed by atoms with van der Waals surface area (Å²) in [6, 6.07) is 14.9. The zero-order chi connectivity index (χ0) is 29.0. The summed E-state index contributed by atoms with van der Waals surface area (Å²) in [5.74, 6) is 0. The van der Waals surface area contributed by atoms with Gasteiger partial charge >= 0.3 is 0 Å². The minimum absolute atomic E-state index is 0.00113. The van der Waals surface area contributed by atoms with E-state index in [4.69, 9.17) is 11.6 Å². The smallest absolute Gasteiger partial charge is 0.282 e. The largest absolute Gasteiger partial charge is 0.295 e. The first-order chi connectivity index (χ1) is 18.6. The molecule has 0 spiro atoms. The Bertz CT molecular complexity index is 2210. The maximum atomic E-state index is 12.2. The Balaban J connectivity index is 1.65. The molecule has 206 valence electrons. The van der Waals surface area contributed by atoms with E-state index in [-0.39, 0.29) is 43.2 Å². The van der Waals surface area contributed by atoms with Gasteiger partial charge in [-0.25, -0.2) is 0 Å². The lowest BCUT2D eigenvalue weighted by Gasteiger charge is -2.07. The fourth-order valence-electron chi connectivity index (χ4n) is 4.10. The van der Waals surface area contributed by atoms with Crippen LogP contribution in [0.1, 0.15) is 11.1 Å². The first-order valence-corrected chi connectivity index (χ1v) is 15.7. The van der Waals surface area contributed by atoms with Crippen LogP contribution >= 0.6 is 11.6 Å². The third kappa shape index (κ3) is 5.35. The lowest BCUT2D eigenvalue weighted by Crippen LogP contribution is -2.05. The van der Waals surface area contributed by atoms with Gasteiger partial charge in [-0.15, -0.1) is 10.2 Å². The molecule has 4 aromatic carbocycles. The fraction of sp³-hybridized carbons (Fsp3) is 0. The summed E-state index contributed by atoms with van der Waals surface area (Å²) in [7, 11) is -14.1. The van der Waals surface area contributed by atoms with Crippen LogP contribution in [0.2, 0.25) is 5.02 Å². The Hall–Kier alpha value is -3.70. The molecule has 0 unspecified atom stereocenters. The third-order valence-corrected chi connectivity index (χ3v) is 8.78. The van der Waals surface area contributed by atoms with E-state index in [1.54, 1.807) is 18.2 Å². The average Bonchev–Trinajstić information content (AvgIpc) is 3.30. The van der Waals surface area contributed by atoms with Gasteiger partial charge in [0, 0.05) is 15.8 Å². The van der Waals surface area contributed by atoms with Crippen molar-refractivity contribution in [1.82, 2.24) is 15.0 Å². The van der Waals surface area contributed by atoms with E-state index < -0.39 is 40.1 Å². The Labute approximate surface area is 232 Å². The number of benzene rings is 4. The average molecular weight is 622 g/mol. The molecule has 0 saturated heterocycles. The first kappa shape index (κ1) is 27.9. The zero-order valence-electron chi connectivity index (χ0n) is 19.7. The summed E-state index contributed by atoms with van der Waals surface area (Å²) in [6.45, 7) is 0. The zero-order valence-corrected chi connectivity index (χ0v) is 22.9. The van der Waals surface area contributed by atoms with Crippen LogP contribution in [0.3, 0.4) is 0 Å². The Morgan fingerprint density at radius 2 is 1.20 bits per heavy atom. The lowest BCUT2D eigenvalue weighted by molar-refractivity contribution is 0.480. The highest BCUT2D eigenvalue weighted by atomic mass is 35.5. The van der Waals surface area contributed by atoms with Gasteiger partial charge in [-0.2, -0.15) is 30.0 Å². The van der Waals surface area contributed by atoms with E-state index in [0.29, 0.717) is 5.39 Å². The van der Waals surface area contributed by atoms with Gasteiger partial charge in [0.1, 0.15) is 25.7 Å². The van der Waals surface area contributed by atoms with Crippen molar-refractivity contribution in [2.75, 3.05) is 0 Å². The van der Waals surface area contributed by atoms with Crippen LogP contribution in [-0.4, -0.2) is 53.9 Å². The molecule has 0 saturated carbocycles. The van der Waals surface area contributed by atoms with Crippen molar-refractivity contribution in [3.05, 3.63) is 82.9 Å². The summed E-state index contributed by atoms with van der Waals surface area (Å²) in [5.41, 5.74) is 0.380. The molecular weight excluding hydrogens is 606 g/mol. The molecule has 0 aliphatic carbocycles. The van der Waals surface area contributed by atoms with Gasteiger partial charge in [0.2, 0.25) is 0 Å². The van der Waals surface area contributed by atoms with Gasteiger partial charge in [-0.05, 0) is 41.5 Å². The quantitative estimate of drug-likeness (QED) is 0.182. The number of aromatic nitrogens is 3. The maximum Gasteiger partial charge on any atom is 0.295 e. The molecular formula is C24H16ClN3O9S3. The van der Waals surface area contributed by atoms with Crippen LogP contribution in [0.15, 0.2) is 81.4 Å². The van der Waals surface area contributed by atoms with Crippen molar-refractivity contribution in [3.8, 4) is 5.69 Å². The molecule has 40 heavy (non-hydrogen) atoms. The number of halogens is 1. The van der Waals surface area contributed by atoms with Crippen LogP contribution in [-0.2, 0) is 30.4 Å². The molecule has 5 aromatic rings. The topological polar surface area (TPSA) is 194 Å². The van der Waals surface area contributed by atoms with Crippen molar-refractivity contribution >= 4 is 75.9 Å². The minimum Gasteiger partial charge on any atom is -0.282 e. The van der Waals surface area contributed by atoms with E-state index in [1.807, 2.05) is 0 Å². The van der Waals surface area contributed by atoms with Crippen LogP contribution in [0, 0.1) is 0 Å². The monoisotopic (exact) mass is 621 g/mol. The summed E-state index contributed by atoms with van der Waals surface area (Å²) >= 11 is 5.82. The van der Waals surface area contributed by atoms with E-state index in [2.05, 4.69) is 10.2 Å². The SMILES string of the molecule is O=S(=O)(O)c1cc(Cl)ccc1C=Cc1ccc(-n2nc3cc(S(=O)(=O)O)c4ccccc4c3n2)cc1S(=O)(=O)O. The molecule has 0 amide bonds. The van der Waals surface area contributed by atoms with Gasteiger partial charge in [-0.3, -0.25) is 13.7 Å². The second-order valence-corrected chi connectivity index (χ2v) is 13.0. The second kappa shape index (κ2) is 9.74. The van der Waals surface area contributed by atoms with E-state index >= 15 is 0 Å². The Kier molecular flexibility index (Phi) is 6.78. The molecule has 0 bridgehead atoms. The number of fused-ring (bicyclic) bond motifs is 3. The summed E-state index contributed by atoms with van der Waals surface area (Å²) in [4.78, 5) is -0.435. The number of nitrogens with zero attached hydrogens (tertiary/aromatic N) is 3. The summed E-state index contributed by atoms with van der Waals surface area (Å²) in [6.07, 6.45) is 2.43. The molecule has 0 radical (unpaired) electrons. The van der Waals surface area contributed by atoms with Crippen molar-refractivity contribution in [2.24, 2.45) is 0 Å². The fourth-order valence-corrected chi connectivity index (χ4v) is 6.47. The number of hydrogen-bond acceptors (Lipinski definition) is 8. The predicted molar refractivity (Wildman–Crippen MR) is 146 cm³/mol. The van der Waals surface area contributed by atoms with E-state index in [9.17, 15) is 38.9 Å². The maximum absolute atomic E-state index is 12.2. The molecule has 3 N–H and O–H groups in total. The van der Waals surface area contributed by atoms with Crippen molar-refractivity contribution < 1.29 is 38.9 Å². The van der Waals surface area contributed by atoms with Crippen LogP contribution in [0.4, 0.5) is 0 Å². The highest BCUT2D eigenvalue weighted by Gasteiger charge is 2.21. The Morgan fingerprint density at radius 1 is 0.650 bits per heavy atom. The molecule has 5 rings (SSSR count). The standard InChI is InChI=1S/C24H16ClN3O9S3/c25-16-9-7-14(21(11-16)38(29,30)31)5-6-15-8-10-17(12-22(15)39(32,33)34)28-26-20-13-23(40(35,36)37)18-3-1-2-4-19(18)24(20)27-28/h1-13H,(H,29,30,31)(H,32,33,34)(H,35,36,37). The Morgan fingerprint density at radius 3 is 1.80 bits per heavy atom. The number of hydrogen-bond donors (Lipinski definition) is 3.